The predicted molar refractivity (Wildman–Crippen MR) is 181 cm³/mol. The fourth-order valence-electron chi connectivity index (χ4n) is 6.24. The minimum atomic E-state index is -0.929. The molecular formula is C38H40N4O4. The molecule has 1 fully saturated rings. The lowest BCUT2D eigenvalue weighted by Gasteiger charge is -2.30. The summed E-state index contributed by atoms with van der Waals surface area (Å²) in [6, 6.07) is 35.0. The Kier molecular flexibility index (Phi) is 9.76. The lowest BCUT2D eigenvalue weighted by atomic mass is 9.84. The number of ether oxygens (including phenoxy) is 2. The van der Waals surface area contributed by atoms with Gasteiger partial charge in [-0.25, -0.2) is 4.79 Å². The standard InChI is InChI=1S/C38H40N4O4/c1-25-17-20-32-29(21-25)22-33(40-32)34-24-46-30(23-39-34)19-18-26-11-9-10-16-31(26)41-37(43)36(42-38(44)45-2)35(27-12-5-3-6-13-27)28-14-7-4-8-15-28/h3-17,20-22,30,34-36,39-40H,18-19,23-24H2,1-2H3,(H,41,43)(H,42,44). The molecule has 5 aromatic rings. The molecule has 2 heterocycles. The number of hydrogen-bond donors (Lipinski definition) is 4. The summed E-state index contributed by atoms with van der Waals surface area (Å²) < 4.78 is 11.2. The van der Waals surface area contributed by atoms with E-state index >= 15 is 0 Å². The normalized spacial score (nSPS) is 17.0. The van der Waals surface area contributed by atoms with Gasteiger partial charge in [0.15, 0.2) is 0 Å². The van der Waals surface area contributed by atoms with Crippen molar-refractivity contribution < 1.29 is 19.1 Å². The number of para-hydroxylation sites is 1. The number of carbonyl (C=O) groups excluding carboxylic acids is 2. The minimum absolute atomic E-state index is 0.0425. The molecule has 236 valence electrons. The number of fused-ring (bicyclic) bond motifs is 1. The Bertz CT molecular complexity index is 1720. The van der Waals surface area contributed by atoms with Gasteiger partial charge >= 0.3 is 6.09 Å². The number of carbonyl (C=O) groups is 2. The van der Waals surface area contributed by atoms with Crippen molar-refractivity contribution in [2.45, 2.75) is 43.9 Å². The first-order valence-electron chi connectivity index (χ1n) is 15.8. The van der Waals surface area contributed by atoms with Gasteiger partial charge in [0.25, 0.3) is 0 Å². The number of anilines is 1. The second-order valence-corrected chi connectivity index (χ2v) is 11.8. The van der Waals surface area contributed by atoms with Gasteiger partial charge in [0.1, 0.15) is 6.04 Å². The van der Waals surface area contributed by atoms with E-state index < -0.39 is 18.1 Å². The summed E-state index contributed by atoms with van der Waals surface area (Å²) in [5, 5.41) is 10.8. The van der Waals surface area contributed by atoms with Gasteiger partial charge in [0.05, 0.1) is 25.9 Å². The molecule has 2 amide bonds. The summed E-state index contributed by atoms with van der Waals surface area (Å²) in [5.74, 6) is -0.771. The zero-order chi connectivity index (χ0) is 31.9. The number of aromatic amines is 1. The fraction of sp³-hybridized carbons (Fsp3) is 0.263. The Morgan fingerprint density at radius 2 is 1.61 bits per heavy atom. The molecule has 8 nitrogen and oxygen atoms in total. The van der Waals surface area contributed by atoms with Crippen LogP contribution in [0.1, 0.15) is 46.3 Å². The van der Waals surface area contributed by atoms with E-state index in [1.807, 2.05) is 84.9 Å². The van der Waals surface area contributed by atoms with Crippen molar-refractivity contribution >= 4 is 28.6 Å². The maximum absolute atomic E-state index is 14.0. The number of H-pyrrole nitrogens is 1. The molecular weight excluding hydrogens is 576 g/mol. The van der Waals surface area contributed by atoms with Crippen molar-refractivity contribution in [3.8, 4) is 0 Å². The van der Waals surface area contributed by atoms with Crippen LogP contribution in [0.3, 0.4) is 0 Å². The van der Waals surface area contributed by atoms with Gasteiger partial charge in [0, 0.05) is 29.4 Å². The molecule has 4 N–H and O–H groups in total. The zero-order valence-corrected chi connectivity index (χ0v) is 26.2. The maximum atomic E-state index is 14.0. The quantitative estimate of drug-likeness (QED) is 0.141. The van der Waals surface area contributed by atoms with Gasteiger partial charge in [-0.2, -0.15) is 0 Å². The van der Waals surface area contributed by atoms with Crippen LogP contribution in [-0.2, 0) is 20.7 Å². The third kappa shape index (κ3) is 7.30. The number of aryl methyl sites for hydroxylation is 2. The van der Waals surface area contributed by atoms with E-state index in [4.69, 9.17) is 9.47 Å². The molecule has 8 heteroatoms. The molecule has 4 aromatic carbocycles. The Labute approximate surface area is 269 Å². The molecule has 1 aliphatic heterocycles. The first kappa shape index (κ1) is 31.1. The Morgan fingerprint density at radius 1 is 0.913 bits per heavy atom. The number of methoxy groups -OCH3 is 1. The van der Waals surface area contributed by atoms with Crippen LogP contribution >= 0.6 is 0 Å². The van der Waals surface area contributed by atoms with Crippen LogP contribution in [-0.4, -0.2) is 49.4 Å². The molecule has 3 unspecified atom stereocenters. The van der Waals surface area contributed by atoms with E-state index in [1.165, 1.54) is 18.1 Å². The SMILES string of the molecule is COC(=O)NC(C(=O)Nc1ccccc1CCC1CNC(c2cc3cc(C)ccc3[nH]2)CO1)C(c1ccccc1)c1ccccc1. The molecule has 6 rings (SSSR count). The lowest BCUT2D eigenvalue weighted by molar-refractivity contribution is -0.118. The van der Waals surface area contributed by atoms with Crippen molar-refractivity contribution in [1.29, 1.82) is 0 Å². The van der Waals surface area contributed by atoms with Gasteiger partial charge in [-0.1, -0.05) is 90.5 Å². The van der Waals surface area contributed by atoms with Crippen molar-refractivity contribution in [3.63, 3.8) is 0 Å². The van der Waals surface area contributed by atoms with Crippen LogP contribution in [0.2, 0.25) is 0 Å². The van der Waals surface area contributed by atoms with Crippen molar-refractivity contribution in [3.05, 3.63) is 137 Å². The molecule has 0 aliphatic carbocycles. The largest absolute Gasteiger partial charge is 0.453 e. The average Bonchev–Trinajstić information content (AvgIpc) is 3.52. The molecule has 0 bridgehead atoms. The summed E-state index contributed by atoms with van der Waals surface area (Å²) in [7, 11) is 1.30. The van der Waals surface area contributed by atoms with Gasteiger partial charge in [-0.05, 0) is 66.1 Å². The highest BCUT2D eigenvalue weighted by Gasteiger charge is 2.33. The van der Waals surface area contributed by atoms with Crippen molar-refractivity contribution in [2.75, 3.05) is 25.6 Å². The molecule has 3 atom stereocenters. The molecule has 0 saturated carbocycles. The first-order chi connectivity index (χ1) is 22.5. The molecule has 1 saturated heterocycles. The highest BCUT2D eigenvalue weighted by atomic mass is 16.5. The van der Waals surface area contributed by atoms with Crippen LogP contribution in [0.4, 0.5) is 10.5 Å². The van der Waals surface area contributed by atoms with Gasteiger partial charge in [0.2, 0.25) is 5.91 Å². The summed E-state index contributed by atoms with van der Waals surface area (Å²) in [5.41, 5.74) is 7.02. The smallest absolute Gasteiger partial charge is 0.407 e. The van der Waals surface area contributed by atoms with Crippen molar-refractivity contribution in [2.24, 2.45) is 0 Å². The number of rotatable bonds is 10. The molecule has 0 radical (unpaired) electrons. The van der Waals surface area contributed by atoms with E-state index in [1.54, 1.807) is 0 Å². The lowest BCUT2D eigenvalue weighted by Crippen LogP contribution is -2.48. The van der Waals surface area contributed by atoms with Crippen LogP contribution in [0, 0.1) is 6.92 Å². The van der Waals surface area contributed by atoms with Crippen LogP contribution in [0.15, 0.2) is 109 Å². The zero-order valence-electron chi connectivity index (χ0n) is 26.2. The van der Waals surface area contributed by atoms with E-state index in [0.29, 0.717) is 12.3 Å². The first-order valence-corrected chi connectivity index (χ1v) is 15.8. The van der Waals surface area contributed by atoms with E-state index in [2.05, 4.69) is 52.1 Å². The summed E-state index contributed by atoms with van der Waals surface area (Å²) >= 11 is 0. The topological polar surface area (TPSA) is 104 Å². The molecule has 46 heavy (non-hydrogen) atoms. The fourth-order valence-corrected chi connectivity index (χ4v) is 6.24. The third-order valence-electron chi connectivity index (χ3n) is 8.67. The number of amides is 2. The molecule has 1 aromatic heterocycles. The highest BCUT2D eigenvalue weighted by Crippen LogP contribution is 2.30. The average molecular weight is 617 g/mol. The number of hydrogen-bond acceptors (Lipinski definition) is 5. The van der Waals surface area contributed by atoms with Crippen LogP contribution in [0.25, 0.3) is 10.9 Å². The third-order valence-corrected chi connectivity index (χ3v) is 8.67. The number of benzene rings is 4. The van der Waals surface area contributed by atoms with E-state index in [0.717, 1.165) is 47.3 Å². The number of alkyl carbamates (subject to hydrolysis) is 1. The van der Waals surface area contributed by atoms with E-state index in [-0.39, 0.29) is 18.1 Å². The second kappa shape index (κ2) is 14.5. The van der Waals surface area contributed by atoms with Crippen molar-refractivity contribution in [1.82, 2.24) is 15.6 Å². The summed E-state index contributed by atoms with van der Waals surface area (Å²) in [4.78, 5) is 30.1. The molecule has 1 aliphatic rings. The number of nitrogens with one attached hydrogen (secondary N) is 4. The Balaban J connectivity index is 1.14. The maximum Gasteiger partial charge on any atom is 0.407 e. The monoisotopic (exact) mass is 616 g/mol. The summed E-state index contributed by atoms with van der Waals surface area (Å²) in [6.45, 7) is 3.41. The number of aromatic nitrogens is 1. The second-order valence-electron chi connectivity index (χ2n) is 11.8. The minimum Gasteiger partial charge on any atom is -0.453 e. The van der Waals surface area contributed by atoms with Gasteiger partial charge in [-0.15, -0.1) is 0 Å². The van der Waals surface area contributed by atoms with Gasteiger partial charge < -0.3 is 30.4 Å². The Hall–Kier alpha value is -4.92. The Morgan fingerprint density at radius 3 is 2.28 bits per heavy atom. The highest BCUT2D eigenvalue weighted by molar-refractivity contribution is 5.98. The number of morpholine rings is 1. The van der Waals surface area contributed by atoms with E-state index in [9.17, 15) is 9.59 Å². The van der Waals surface area contributed by atoms with Gasteiger partial charge in [-0.3, -0.25) is 4.79 Å². The van der Waals surface area contributed by atoms with Crippen LogP contribution < -0.4 is 16.0 Å². The molecule has 0 spiro atoms. The predicted octanol–water partition coefficient (Wildman–Crippen LogP) is 6.63. The summed E-state index contributed by atoms with van der Waals surface area (Å²) in [6.07, 6.45) is 0.877. The van der Waals surface area contributed by atoms with Crippen LogP contribution in [0.5, 0.6) is 0 Å².